The Balaban J connectivity index is 2.42. The van der Waals surface area contributed by atoms with E-state index in [-0.39, 0.29) is 5.84 Å². The fourth-order valence-electron chi connectivity index (χ4n) is 1.19. The predicted octanol–water partition coefficient (Wildman–Crippen LogP) is 0.208. The summed E-state index contributed by atoms with van der Waals surface area (Å²) in [4.78, 5) is 0. The number of hydrogen-bond acceptors (Lipinski definition) is 3. The van der Waals surface area contributed by atoms with Gasteiger partial charge in [-0.3, -0.25) is 9.81 Å². The second-order valence-corrected chi connectivity index (χ2v) is 2.83. The number of amidine groups is 1. The molecule has 2 heterocycles. The molecule has 0 spiro atoms. The topological polar surface area (TPSA) is 80.1 Å². The molecule has 2 aromatic rings. The molecule has 5 heteroatoms. The first-order valence-electron chi connectivity index (χ1n) is 3.87. The summed E-state index contributed by atoms with van der Waals surface area (Å²) in [7, 11) is 0. The van der Waals surface area contributed by atoms with Gasteiger partial charge in [0.15, 0.2) is 5.65 Å². The highest BCUT2D eigenvalue weighted by Crippen LogP contribution is 2.04. The third-order valence-corrected chi connectivity index (χ3v) is 1.76. The molecule has 0 fully saturated rings. The molecule has 0 unspecified atom stereocenters. The lowest BCUT2D eigenvalue weighted by Crippen LogP contribution is -2.12. The highest BCUT2D eigenvalue weighted by molar-refractivity contribution is 5.79. The van der Waals surface area contributed by atoms with E-state index in [1.807, 2.05) is 22.7 Å². The van der Waals surface area contributed by atoms with Crippen LogP contribution in [0.3, 0.4) is 0 Å². The van der Waals surface area contributed by atoms with Crippen molar-refractivity contribution >= 4 is 11.5 Å². The molecule has 0 aliphatic heterocycles. The van der Waals surface area contributed by atoms with Crippen LogP contribution in [0.25, 0.3) is 5.65 Å². The molecule has 0 amide bonds. The van der Waals surface area contributed by atoms with Gasteiger partial charge >= 0.3 is 0 Å². The normalized spacial score (nSPS) is 10.5. The van der Waals surface area contributed by atoms with Crippen molar-refractivity contribution in [3.05, 3.63) is 30.2 Å². The Morgan fingerprint density at radius 3 is 3.23 bits per heavy atom. The van der Waals surface area contributed by atoms with Crippen molar-refractivity contribution in [3.63, 3.8) is 0 Å². The standard InChI is InChI=1S/C8H9N5/c9-7(10)3-6-1-2-13-5-11-12-8(13)4-6/h1-2,4-5H,3H2,(H3,9,10). The number of nitrogens with two attached hydrogens (primary N) is 1. The highest BCUT2D eigenvalue weighted by atomic mass is 15.2. The Morgan fingerprint density at radius 2 is 2.46 bits per heavy atom. The van der Waals surface area contributed by atoms with E-state index in [1.165, 1.54) is 0 Å². The molecule has 0 saturated heterocycles. The van der Waals surface area contributed by atoms with Crippen LogP contribution in [0, 0.1) is 5.41 Å². The number of pyridine rings is 1. The van der Waals surface area contributed by atoms with E-state index < -0.39 is 0 Å². The lowest BCUT2D eigenvalue weighted by Gasteiger charge is -1.98. The number of nitrogens with one attached hydrogen (secondary N) is 1. The minimum atomic E-state index is 0.156. The Labute approximate surface area is 74.7 Å². The third-order valence-electron chi connectivity index (χ3n) is 1.76. The maximum Gasteiger partial charge on any atom is 0.160 e. The average molecular weight is 175 g/mol. The van der Waals surface area contributed by atoms with Crippen molar-refractivity contribution in [2.24, 2.45) is 5.73 Å². The van der Waals surface area contributed by atoms with Gasteiger partial charge in [0.25, 0.3) is 0 Å². The Kier molecular flexibility index (Phi) is 1.70. The van der Waals surface area contributed by atoms with Gasteiger partial charge in [0, 0.05) is 12.6 Å². The highest BCUT2D eigenvalue weighted by Gasteiger charge is 1.98. The fourth-order valence-corrected chi connectivity index (χ4v) is 1.19. The van der Waals surface area contributed by atoms with Crippen LogP contribution in [-0.2, 0) is 6.42 Å². The summed E-state index contributed by atoms with van der Waals surface area (Å²) in [6, 6.07) is 3.77. The number of hydrogen-bond donors (Lipinski definition) is 2. The smallest absolute Gasteiger partial charge is 0.160 e. The molecular weight excluding hydrogens is 166 g/mol. The van der Waals surface area contributed by atoms with Crippen LogP contribution in [0.5, 0.6) is 0 Å². The number of aromatic nitrogens is 3. The first-order valence-corrected chi connectivity index (χ1v) is 3.87. The van der Waals surface area contributed by atoms with Gasteiger partial charge in [-0.05, 0) is 17.7 Å². The van der Waals surface area contributed by atoms with Crippen molar-refractivity contribution in [3.8, 4) is 0 Å². The summed E-state index contributed by atoms with van der Waals surface area (Å²) >= 11 is 0. The summed E-state index contributed by atoms with van der Waals surface area (Å²) in [5.41, 5.74) is 7.04. The van der Waals surface area contributed by atoms with Gasteiger partial charge in [0.05, 0.1) is 5.84 Å². The zero-order valence-corrected chi connectivity index (χ0v) is 6.94. The van der Waals surface area contributed by atoms with Gasteiger partial charge in [-0.2, -0.15) is 0 Å². The first-order chi connectivity index (χ1) is 6.25. The second-order valence-electron chi connectivity index (χ2n) is 2.83. The SMILES string of the molecule is N=C(N)Cc1ccn2cnnc2c1. The van der Waals surface area contributed by atoms with Crippen LogP contribution in [-0.4, -0.2) is 20.4 Å². The first kappa shape index (κ1) is 7.72. The van der Waals surface area contributed by atoms with Crippen LogP contribution < -0.4 is 5.73 Å². The van der Waals surface area contributed by atoms with Crippen LogP contribution in [0.2, 0.25) is 0 Å². The van der Waals surface area contributed by atoms with Crippen LogP contribution in [0.4, 0.5) is 0 Å². The maximum absolute atomic E-state index is 7.14. The molecule has 0 aromatic carbocycles. The molecule has 0 bridgehead atoms. The zero-order valence-electron chi connectivity index (χ0n) is 6.94. The number of fused-ring (bicyclic) bond motifs is 1. The summed E-state index contributed by atoms with van der Waals surface area (Å²) in [6.45, 7) is 0. The summed E-state index contributed by atoms with van der Waals surface area (Å²) in [5, 5.41) is 14.8. The van der Waals surface area contributed by atoms with E-state index in [4.69, 9.17) is 11.1 Å². The molecule has 5 nitrogen and oxygen atoms in total. The molecule has 66 valence electrons. The van der Waals surface area contributed by atoms with Crippen molar-refractivity contribution < 1.29 is 0 Å². The molecule has 13 heavy (non-hydrogen) atoms. The van der Waals surface area contributed by atoms with Crippen LogP contribution in [0.15, 0.2) is 24.7 Å². The van der Waals surface area contributed by atoms with E-state index >= 15 is 0 Å². The van der Waals surface area contributed by atoms with E-state index in [0.717, 1.165) is 11.2 Å². The fraction of sp³-hybridized carbons (Fsp3) is 0.125. The van der Waals surface area contributed by atoms with Crippen molar-refractivity contribution in [2.45, 2.75) is 6.42 Å². The molecule has 0 saturated carbocycles. The van der Waals surface area contributed by atoms with Crippen molar-refractivity contribution in [1.82, 2.24) is 14.6 Å². The number of nitrogens with zero attached hydrogens (tertiary/aromatic N) is 3. The van der Waals surface area contributed by atoms with E-state index in [9.17, 15) is 0 Å². The molecule has 0 aliphatic carbocycles. The maximum atomic E-state index is 7.14. The van der Waals surface area contributed by atoms with Gasteiger partial charge in [-0.25, -0.2) is 0 Å². The molecule has 3 N–H and O–H groups in total. The second kappa shape index (κ2) is 2.85. The quantitative estimate of drug-likeness (QED) is 0.505. The largest absolute Gasteiger partial charge is 0.387 e. The molecular formula is C8H9N5. The van der Waals surface area contributed by atoms with Crippen LogP contribution >= 0.6 is 0 Å². The molecule has 2 rings (SSSR count). The molecule has 0 atom stereocenters. The van der Waals surface area contributed by atoms with Crippen LogP contribution in [0.1, 0.15) is 5.56 Å². The van der Waals surface area contributed by atoms with Gasteiger partial charge in [-0.15, -0.1) is 10.2 Å². The lowest BCUT2D eigenvalue weighted by molar-refractivity contribution is 1.10. The van der Waals surface area contributed by atoms with Gasteiger partial charge < -0.3 is 5.73 Å². The minimum absolute atomic E-state index is 0.156. The third kappa shape index (κ3) is 1.48. The van der Waals surface area contributed by atoms with Crippen molar-refractivity contribution in [1.29, 1.82) is 5.41 Å². The average Bonchev–Trinajstić information content (AvgIpc) is 2.49. The lowest BCUT2D eigenvalue weighted by atomic mass is 10.2. The van der Waals surface area contributed by atoms with Gasteiger partial charge in [0.1, 0.15) is 6.33 Å². The Hall–Kier alpha value is -1.91. The monoisotopic (exact) mass is 175 g/mol. The summed E-state index contributed by atoms with van der Waals surface area (Å²) < 4.78 is 1.81. The molecule has 2 aromatic heterocycles. The predicted molar refractivity (Wildman–Crippen MR) is 48.6 cm³/mol. The van der Waals surface area contributed by atoms with E-state index in [2.05, 4.69) is 10.2 Å². The number of rotatable bonds is 2. The van der Waals surface area contributed by atoms with E-state index in [0.29, 0.717) is 6.42 Å². The van der Waals surface area contributed by atoms with E-state index in [1.54, 1.807) is 6.33 Å². The van der Waals surface area contributed by atoms with Gasteiger partial charge in [0.2, 0.25) is 0 Å². The Morgan fingerprint density at radius 1 is 1.62 bits per heavy atom. The molecule has 0 aliphatic rings. The Bertz CT molecular complexity index is 444. The zero-order chi connectivity index (χ0) is 9.26. The minimum Gasteiger partial charge on any atom is -0.387 e. The van der Waals surface area contributed by atoms with Gasteiger partial charge in [-0.1, -0.05) is 0 Å². The summed E-state index contributed by atoms with van der Waals surface area (Å²) in [5.74, 6) is 0.156. The summed E-state index contributed by atoms with van der Waals surface area (Å²) in [6.07, 6.45) is 3.95. The molecule has 0 radical (unpaired) electrons. The van der Waals surface area contributed by atoms with Crippen molar-refractivity contribution in [2.75, 3.05) is 0 Å².